The lowest BCUT2D eigenvalue weighted by atomic mass is 9.84. The lowest BCUT2D eigenvalue weighted by Gasteiger charge is -2.44. The van der Waals surface area contributed by atoms with Crippen LogP contribution in [0.2, 0.25) is 0 Å². The van der Waals surface area contributed by atoms with Gasteiger partial charge in [-0.25, -0.2) is 9.18 Å². The van der Waals surface area contributed by atoms with Gasteiger partial charge in [0.25, 0.3) is 0 Å². The Morgan fingerprint density at radius 3 is 2.51 bits per heavy atom. The van der Waals surface area contributed by atoms with Crippen molar-refractivity contribution in [2.24, 2.45) is 9.98 Å². The Morgan fingerprint density at radius 2 is 1.83 bits per heavy atom. The molecule has 0 aromatic heterocycles. The Kier molecular flexibility index (Phi) is 6.95. The molecule has 0 radical (unpaired) electrons. The quantitative estimate of drug-likeness (QED) is 0.607. The molecule has 2 aromatic rings. The summed E-state index contributed by atoms with van der Waals surface area (Å²) in [4.78, 5) is 26.6. The molecule has 35 heavy (non-hydrogen) atoms. The van der Waals surface area contributed by atoms with E-state index in [9.17, 15) is 9.18 Å². The maximum absolute atomic E-state index is 14.1. The van der Waals surface area contributed by atoms with Gasteiger partial charge < -0.3 is 0 Å². The summed E-state index contributed by atoms with van der Waals surface area (Å²) in [5.41, 5.74) is 2.39. The van der Waals surface area contributed by atoms with E-state index in [1.54, 1.807) is 18.0 Å². The van der Waals surface area contributed by atoms with Crippen molar-refractivity contribution < 1.29 is 9.18 Å². The highest BCUT2D eigenvalue weighted by Gasteiger charge is 2.53. The van der Waals surface area contributed by atoms with E-state index in [0.717, 1.165) is 56.7 Å². The van der Waals surface area contributed by atoms with Gasteiger partial charge in [0.15, 0.2) is 0 Å². The molecule has 2 aromatic carbocycles. The SMILES string of the molecule is CN=Cc1ccc(CN2CCC3(CC2)C(=NC2CCCCC2)NC(=O)N3c2cccc(F)c2)cc1. The van der Waals surface area contributed by atoms with E-state index in [4.69, 9.17) is 4.99 Å². The largest absolute Gasteiger partial charge is 0.328 e. The summed E-state index contributed by atoms with van der Waals surface area (Å²) in [6.07, 6.45) is 9.14. The number of hydrogen-bond donors (Lipinski definition) is 1. The van der Waals surface area contributed by atoms with Gasteiger partial charge >= 0.3 is 6.03 Å². The molecule has 6 nitrogen and oxygen atoms in total. The number of benzene rings is 2. The molecule has 0 unspecified atom stereocenters. The maximum atomic E-state index is 14.1. The molecule has 1 aliphatic carbocycles. The topological polar surface area (TPSA) is 60.3 Å². The third-order valence-electron chi connectivity index (χ3n) is 7.60. The number of aliphatic imine (C=N–C) groups is 2. The summed E-state index contributed by atoms with van der Waals surface area (Å²) >= 11 is 0. The predicted molar refractivity (Wildman–Crippen MR) is 139 cm³/mol. The number of likely N-dealkylation sites (tertiary alicyclic amines) is 1. The van der Waals surface area contributed by atoms with Gasteiger partial charge in [0, 0.05) is 38.6 Å². The lowest BCUT2D eigenvalue weighted by molar-refractivity contribution is 0.184. The molecule has 3 fully saturated rings. The predicted octanol–water partition coefficient (Wildman–Crippen LogP) is 5.17. The van der Waals surface area contributed by atoms with Gasteiger partial charge in [0.05, 0.1) is 6.04 Å². The highest BCUT2D eigenvalue weighted by atomic mass is 19.1. The number of carbonyl (C=O) groups excluding carboxylic acids is 1. The Hall–Kier alpha value is -3.06. The van der Waals surface area contributed by atoms with Gasteiger partial charge in [0.2, 0.25) is 0 Å². The first-order valence-electron chi connectivity index (χ1n) is 12.8. The molecule has 1 saturated carbocycles. The number of anilines is 1. The van der Waals surface area contributed by atoms with Crippen LogP contribution >= 0.6 is 0 Å². The van der Waals surface area contributed by atoms with Gasteiger partial charge in [0.1, 0.15) is 17.2 Å². The average Bonchev–Trinajstić information content (AvgIpc) is 3.12. The van der Waals surface area contributed by atoms with E-state index in [0.29, 0.717) is 5.69 Å². The van der Waals surface area contributed by atoms with Crippen LogP contribution in [0.1, 0.15) is 56.1 Å². The smallest absolute Gasteiger partial charge is 0.299 e. The first-order valence-corrected chi connectivity index (χ1v) is 12.8. The second kappa shape index (κ2) is 10.3. The van der Waals surface area contributed by atoms with Crippen LogP contribution in [-0.2, 0) is 6.54 Å². The monoisotopic (exact) mass is 475 g/mol. The highest BCUT2D eigenvalue weighted by Crippen LogP contribution is 2.39. The second-order valence-electron chi connectivity index (χ2n) is 9.95. The van der Waals surface area contributed by atoms with Crippen molar-refractivity contribution in [3.63, 3.8) is 0 Å². The maximum Gasteiger partial charge on any atom is 0.328 e. The van der Waals surface area contributed by atoms with Crippen LogP contribution in [0.3, 0.4) is 0 Å². The van der Waals surface area contributed by atoms with Crippen LogP contribution in [0.15, 0.2) is 58.5 Å². The minimum atomic E-state index is -0.555. The standard InChI is InChI=1S/C28H34FN5O/c1-30-19-21-10-12-22(13-11-21)20-33-16-14-28(15-17-33)26(31-24-7-3-2-4-8-24)32-27(35)34(28)25-9-5-6-23(29)18-25/h5-6,9-13,18-19,24H,2-4,7-8,14-17,20H2,1H3,(H,31,32,35). The summed E-state index contributed by atoms with van der Waals surface area (Å²) < 4.78 is 14.1. The van der Waals surface area contributed by atoms with Gasteiger partial charge in [-0.1, -0.05) is 49.6 Å². The minimum Gasteiger partial charge on any atom is -0.299 e. The fourth-order valence-corrected chi connectivity index (χ4v) is 5.76. The minimum absolute atomic E-state index is 0.202. The molecule has 2 amide bonds. The van der Waals surface area contributed by atoms with Crippen LogP contribution in [-0.4, -0.2) is 54.7 Å². The van der Waals surface area contributed by atoms with Crippen molar-refractivity contribution in [2.45, 2.75) is 63.1 Å². The zero-order valence-corrected chi connectivity index (χ0v) is 20.4. The van der Waals surface area contributed by atoms with Crippen molar-refractivity contribution in [1.82, 2.24) is 10.2 Å². The number of amides is 2. The summed E-state index contributed by atoms with van der Waals surface area (Å²) in [7, 11) is 1.78. The number of halogens is 1. The summed E-state index contributed by atoms with van der Waals surface area (Å²) in [5, 5.41) is 3.10. The number of nitrogens with one attached hydrogen (secondary N) is 1. The average molecular weight is 476 g/mol. The summed E-state index contributed by atoms with van der Waals surface area (Å²) in [6, 6.07) is 14.9. The number of urea groups is 1. The van der Waals surface area contributed by atoms with Crippen molar-refractivity contribution >= 4 is 23.8 Å². The number of rotatable bonds is 5. The molecule has 7 heteroatoms. The van der Waals surface area contributed by atoms with E-state index >= 15 is 0 Å². The lowest BCUT2D eigenvalue weighted by Crippen LogP contribution is -2.57. The molecule has 2 heterocycles. The van der Waals surface area contributed by atoms with E-state index in [2.05, 4.69) is 39.5 Å². The Morgan fingerprint density at radius 1 is 1.09 bits per heavy atom. The highest BCUT2D eigenvalue weighted by molar-refractivity contribution is 6.19. The van der Waals surface area contributed by atoms with Crippen LogP contribution in [0.25, 0.3) is 0 Å². The molecule has 2 saturated heterocycles. The van der Waals surface area contributed by atoms with E-state index in [-0.39, 0.29) is 17.9 Å². The fourth-order valence-electron chi connectivity index (χ4n) is 5.76. The van der Waals surface area contributed by atoms with Gasteiger partial charge in [-0.15, -0.1) is 0 Å². The van der Waals surface area contributed by atoms with Crippen molar-refractivity contribution in [2.75, 3.05) is 25.0 Å². The third-order valence-corrected chi connectivity index (χ3v) is 7.60. The normalized spacial score (nSPS) is 22.4. The number of nitrogens with zero attached hydrogens (tertiary/aromatic N) is 4. The summed E-state index contributed by atoms with van der Waals surface area (Å²) in [5.74, 6) is 0.443. The van der Waals surface area contributed by atoms with Gasteiger partial charge in [-0.3, -0.25) is 25.1 Å². The zero-order chi connectivity index (χ0) is 24.3. The van der Waals surface area contributed by atoms with Crippen LogP contribution < -0.4 is 10.2 Å². The van der Waals surface area contributed by atoms with E-state index in [1.165, 1.54) is 37.0 Å². The van der Waals surface area contributed by atoms with E-state index < -0.39 is 5.54 Å². The third kappa shape index (κ3) is 5.01. The van der Waals surface area contributed by atoms with Crippen LogP contribution in [0, 0.1) is 5.82 Å². The molecule has 1 N–H and O–H groups in total. The van der Waals surface area contributed by atoms with Crippen LogP contribution in [0.5, 0.6) is 0 Å². The summed E-state index contributed by atoms with van der Waals surface area (Å²) in [6.45, 7) is 2.53. The fraction of sp³-hybridized carbons (Fsp3) is 0.464. The zero-order valence-electron chi connectivity index (χ0n) is 20.4. The Bertz CT molecular complexity index is 1100. The Labute approximate surface area is 206 Å². The van der Waals surface area contributed by atoms with Crippen molar-refractivity contribution in [3.8, 4) is 0 Å². The van der Waals surface area contributed by atoms with Gasteiger partial charge in [-0.05, 0) is 55.0 Å². The van der Waals surface area contributed by atoms with Crippen LogP contribution in [0.4, 0.5) is 14.9 Å². The molecular formula is C28H34FN5O. The molecule has 1 spiro atoms. The number of hydrogen-bond acceptors (Lipinski definition) is 4. The number of amidine groups is 1. The van der Waals surface area contributed by atoms with Crippen molar-refractivity contribution in [1.29, 1.82) is 0 Å². The molecule has 2 aliphatic heterocycles. The molecular weight excluding hydrogens is 441 g/mol. The molecule has 0 atom stereocenters. The first-order chi connectivity index (χ1) is 17.1. The molecule has 3 aliphatic rings. The molecule has 0 bridgehead atoms. The Balaban J connectivity index is 1.39. The second-order valence-corrected chi connectivity index (χ2v) is 9.95. The molecule has 184 valence electrons. The first kappa shape index (κ1) is 23.7. The number of carbonyl (C=O) groups is 1. The number of piperidine rings is 1. The molecule has 5 rings (SSSR count). The van der Waals surface area contributed by atoms with E-state index in [1.807, 2.05) is 12.3 Å². The van der Waals surface area contributed by atoms with Gasteiger partial charge in [-0.2, -0.15) is 0 Å². The van der Waals surface area contributed by atoms with Crippen molar-refractivity contribution in [3.05, 3.63) is 65.5 Å².